The first kappa shape index (κ1) is 14.1. The minimum atomic E-state index is -0.104. The zero-order valence-corrected chi connectivity index (χ0v) is 13.9. The Morgan fingerprint density at radius 1 is 1.35 bits per heavy atom. The largest absolute Gasteiger partial charge is 0.371 e. The summed E-state index contributed by atoms with van der Waals surface area (Å²) in [5, 5.41) is 2.65. The number of hydrogen-bond donors (Lipinski definition) is 1. The minimum absolute atomic E-state index is 0.104. The van der Waals surface area contributed by atoms with Crippen LogP contribution in [0.25, 0.3) is 6.08 Å². The van der Waals surface area contributed by atoms with E-state index in [1.54, 1.807) is 0 Å². The van der Waals surface area contributed by atoms with Gasteiger partial charge in [-0.1, -0.05) is 39.9 Å². The first-order valence-corrected chi connectivity index (χ1v) is 8.44. The van der Waals surface area contributed by atoms with Crippen LogP contribution in [0.2, 0.25) is 0 Å². The predicted octanol–water partition coefficient (Wildman–Crippen LogP) is 3.54. The van der Waals surface area contributed by atoms with Gasteiger partial charge in [-0.2, -0.15) is 0 Å². The second-order valence-electron chi connectivity index (χ2n) is 4.75. The normalized spacial score (nSPS) is 20.9. The van der Waals surface area contributed by atoms with Crippen LogP contribution in [-0.2, 0) is 4.79 Å². The molecule has 0 aromatic heterocycles. The van der Waals surface area contributed by atoms with Gasteiger partial charge in [0.1, 0.15) is 4.32 Å². The molecule has 0 bridgehead atoms. The topological polar surface area (TPSA) is 32.3 Å². The summed E-state index contributed by atoms with van der Waals surface area (Å²) in [4.78, 5) is 14.8. The highest BCUT2D eigenvalue weighted by atomic mass is 79.9. The van der Waals surface area contributed by atoms with Crippen LogP contribution in [0.3, 0.4) is 0 Å². The molecular formula is C14H13BrN2OS2. The van der Waals surface area contributed by atoms with E-state index in [1.807, 2.05) is 12.1 Å². The van der Waals surface area contributed by atoms with E-state index in [0.717, 1.165) is 23.1 Å². The summed E-state index contributed by atoms with van der Waals surface area (Å²) in [7, 11) is 0. The first-order chi connectivity index (χ1) is 9.63. The van der Waals surface area contributed by atoms with Crippen molar-refractivity contribution in [3.8, 4) is 0 Å². The first-order valence-electron chi connectivity index (χ1n) is 6.43. The van der Waals surface area contributed by atoms with Crippen molar-refractivity contribution in [3.05, 3.63) is 33.1 Å². The number of anilines is 1. The molecule has 2 fully saturated rings. The van der Waals surface area contributed by atoms with Gasteiger partial charge in [0, 0.05) is 28.8 Å². The standard InChI is InChI=1S/C14H13BrN2OS2/c15-10-3-4-11(17-5-1-2-6-17)9(7-10)8-12-13(18)16-14(19)20-12/h3-4,7-8H,1-2,5-6H2,(H,16,18,19). The zero-order chi connectivity index (χ0) is 14.1. The fourth-order valence-corrected chi connectivity index (χ4v) is 3.86. The van der Waals surface area contributed by atoms with E-state index in [9.17, 15) is 4.79 Å². The SMILES string of the molecule is O=C1NC(=S)SC1=Cc1cc(Br)ccc1N1CCCC1. The van der Waals surface area contributed by atoms with Gasteiger partial charge in [0.2, 0.25) is 0 Å². The lowest BCUT2D eigenvalue weighted by Gasteiger charge is -2.20. The lowest BCUT2D eigenvalue weighted by atomic mass is 10.1. The summed E-state index contributed by atoms with van der Waals surface area (Å²) in [6.45, 7) is 2.16. The molecule has 0 unspecified atom stereocenters. The van der Waals surface area contributed by atoms with Crippen molar-refractivity contribution >= 4 is 61.9 Å². The number of amides is 1. The Morgan fingerprint density at radius 2 is 2.10 bits per heavy atom. The number of nitrogens with one attached hydrogen (secondary N) is 1. The Bertz CT molecular complexity index is 609. The van der Waals surface area contributed by atoms with Crippen LogP contribution in [0.15, 0.2) is 27.6 Å². The monoisotopic (exact) mass is 368 g/mol. The fraction of sp³-hybridized carbons (Fsp3) is 0.286. The Balaban J connectivity index is 1.99. The maximum atomic E-state index is 11.8. The molecule has 20 heavy (non-hydrogen) atoms. The molecule has 104 valence electrons. The van der Waals surface area contributed by atoms with Gasteiger partial charge < -0.3 is 10.2 Å². The molecule has 0 spiro atoms. The van der Waals surface area contributed by atoms with Crippen LogP contribution in [0.4, 0.5) is 5.69 Å². The number of carbonyl (C=O) groups is 1. The van der Waals surface area contributed by atoms with E-state index in [-0.39, 0.29) is 5.91 Å². The lowest BCUT2D eigenvalue weighted by Crippen LogP contribution is -2.19. The summed E-state index contributed by atoms with van der Waals surface area (Å²) in [5.41, 5.74) is 2.24. The molecular weight excluding hydrogens is 356 g/mol. The quantitative estimate of drug-likeness (QED) is 0.639. The number of nitrogens with zero attached hydrogens (tertiary/aromatic N) is 1. The maximum absolute atomic E-state index is 11.8. The highest BCUT2D eigenvalue weighted by Crippen LogP contribution is 2.32. The molecule has 1 amide bonds. The minimum Gasteiger partial charge on any atom is -0.371 e. The summed E-state index contributed by atoms with van der Waals surface area (Å²) >= 11 is 9.85. The lowest BCUT2D eigenvalue weighted by molar-refractivity contribution is -0.115. The second-order valence-corrected chi connectivity index (χ2v) is 7.38. The van der Waals surface area contributed by atoms with Crippen molar-refractivity contribution in [1.82, 2.24) is 5.32 Å². The number of benzene rings is 1. The van der Waals surface area contributed by atoms with Crippen molar-refractivity contribution in [1.29, 1.82) is 0 Å². The molecule has 0 saturated carbocycles. The van der Waals surface area contributed by atoms with Crippen molar-refractivity contribution < 1.29 is 4.79 Å². The molecule has 0 aliphatic carbocycles. The maximum Gasteiger partial charge on any atom is 0.263 e. The number of thioether (sulfide) groups is 1. The molecule has 2 heterocycles. The Kier molecular flexibility index (Phi) is 4.14. The van der Waals surface area contributed by atoms with Crippen molar-refractivity contribution in [2.45, 2.75) is 12.8 Å². The summed E-state index contributed by atoms with van der Waals surface area (Å²) in [6.07, 6.45) is 4.38. The van der Waals surface area contributed by atoms with E-state index in [4.69, 9.17) is 12.2 Å². The van der Waals surface area contributed by atoms with Gasteiger partial charge >= 0.3 is 0 Å². The third-order valence-electron chi connectivity index (χ3n) is 3.36. The number of hydrogen-bond acceptors (Lipinski definition) is 4. The van der Waals surface area contributed by atoms with Crippen LogP contribution in [0, 0.1) is 0 Å². The molecule has 2 aliphatic rings. The van der Waals surface area contributed by atoms with E-state index in [1.165, 1.54) is 30.3 Å². The molecule has 3 nitrogen and oxygen atoms in total. The van der Waals surface area contributed by atoms with Crippen molar-refractivity contribution in [2.24, 2.45) is 0 Å². The summed E-state index contributed by atoms with van der Waals surface area (Å²) < 4.78 is 1.54. The Labute approximate surface area is 135 Å². The Hall–Kier alpha value is -0.850. The highest BCUT2D eigenvalue weighted by molar-refractivity contribution is 9.10. The van der Waals surface area contributed by atoms with Gasteiger partial charge in [0.25, 0.3) is 5.91 Å². The smallest absolute Gasteiger partial charge is 0.263 e. The molecule has 2 saturated heterocycles. The molecule has 1 N–H and O–H groups in total. The van der Waals surface area contributed by atoms with E-state index in [0.29, 0.717) is 9.23 Å². The average Bonchev–Trinajstić information content (AvgIpc) is 3.01. The van der Waals surface area contributed by atoms with Crippen LogP contribution in [-0.4, -0.2) is 23.3 Å². The highest BCUT2D eigenvalue weighted by Gasteiger charge is 2.23. The van der Waals surface area contributed by atoms with Gasteiger partial charge in [-0.25, -0.2) is 0 Å². The average molecular weight is 369 g/mol. The van der Waals surface area contributed by atoms with Crippen molar-refractivity contribution in [2.75, 3.05) is 18.0 Å². The zero-order valence-electron chi connectivity index (χ0n) is 10.7. The fourth-order valence-electron chi connectivity index (χ4n) is 2.45. The Morgan fingerprint density at radius 3 is 2.75 bits per heavy atom. The summed E-state index contributed by atoms with van der Waals surface area (Å²) in [5.74, 6) is -0.104. The number of thiocarbonyl (C=S) groups is 1. The van der Waals surface area contributed by atoms with E-state index < -0.39 is 0 Å². The van der Waals surface area contributed by atoms with Gasteiger partial charge in [-0.3, -0.25) is 4.79 Å². The van der Waals surface area contributed by atoms with Crippen LogP contribution in [0.1, 0.15) is 18.4 Å². The number of rotatable bonds is 2. The molecule has 0 radical (unpaired) electrons. The van der Waals surface area contributed by atoms with Gasteiger partial charge in [0.15, 0.2) is 0 Å². The van der Waals surface area contributed by atoms with Crippen molar-refractivity contribution in [3.63, 3.8) is 0 Å². The number of carbonyl (C=O) groups excluding carboxylic acids is 1. The van der Waals surface area contributed by atoms with E-state index >= 15 is 0 Å². The van der Waals surface area contributed by atoms with Crippen LogP contribution in [0.5, 0.6) is 0 Å². The predicted molar refractivity (Wildman–Crippen MR) is 91.9 cm³/mol. The van der Waals surface area contributed by atoms with E-state index in [2.05, 4.69) is 38.3 Å². The molecule has 1 aromatic rings. The van der Waals surface area contributed by atoms with Gasteiger partial charge in [0.05, 0.1) is 4.91 Å². The molecule has 2 aliphatic heterocycles. The van der Waals surface area contributed by atoms with Crippen LogP contribution >= 0.6 is 39.9 Å². The third kappa shape index (κ3) is 2.92. The molecule has 3 rings (SSSR count). The molecule has 1 aromatic carbocycles. The van der Waals surface area contributed by atoms with Gasteiger partial charge in [-0.05, 0) is 37.1 Å². The second kappa shape index (κ2) is 5.87. The van der Waals surface area contributed by atoms with Gasteiger partial charge in [-0.15, -0.1) is 0 Å². The molecule has 6 heteroatoms. The van der Waals surface area contributed by atoms with Crippen LogP contribution < -0.4 is 10.2 Å². The number of halogens is 1. The summed E-state index contributed by atoms with van der Waals surface area (Å²) in [6, 6.07) is 6.20. The third-order valence-corrected chi connectivity index (χ3v) is 5.02. The molecule has 0 atom stereocenters.